The van der Waals surface area contributed by atoms with Crippen LogP contribution in [0.15, 0.2) is 53.3 Å². The van der Waals surface area contributed by atoms with Gasteiger partial charge in [0.05, 0.1) is 0 Å². The largest absolute Gasteiger partial charge is 0.479 e. The van der Waals surface area contributed by atoms with Crippen LogP contribution in [0.25, 0.3) is 0 Å². The number of nitrogens with one attached hydrogen (secondary N) is 1. The van der Waals surface area contributed by atoms with Crippen LogP contribution in [0.4, 0.5) is 8.78 Å². The second-order valence-electron chi connectivity index (χ2n) is 5.96. The van der Waals surface area contributed by atoms with Crippen molar-refractivity contribution < 1.29 is 22.8 Å². The molecule has 0 aliphatic carbocycles. The van der Waals surface area contributed by atoms with E-state index in [0.29, 0.717) is 6.42 Å². The molecule has 0 bridgehead atoms. The zero-order valence-electron chi connectivity index (χ0n) is 14.5. The van der Waals surface area contributed by atoms with Crippen LogP contribution in [-0.4, -0.2) is 22.1 Å². The van der Waals surface area contributed by atoms with E-state index in [1.54, 1.807) is 12.4 Å². The Morgan fingerprint density at radius 1 is 1.26 bits per heavy atom. The fourth-order valence-corrected chi connectivity index (χ4v) is 2.47. The van der Waals surface area contributed by atoms with Gasteiger partial charge in [0.1, 0.15) is 6.61 Å². The van der Waals surface area contributed by atoms with Crippen molar-refractivity contribution in [2.24, 2.45) is 0 Å². The Labute approximate surface area is 154 Å². The number of carbonyl (C=O) groups is 1. The van der Waals surface area contributed by atoms with E-state index in [2.05, 4.69) is 15.5 Å². The molecule has 0 radical (unpaired) electrons. The number of carbonyl (C=O) groups excluding carboxylic acids is 1. The van der Waals surface area contributed by atoms with Gasteiger partial charge in [0.25, 0.3) is 5.91 Å². The number of ether oxygens (including phenoxy) is 1. The van der Waals surface area contributed by atoms with Crippen LogP contribution >= 0.6 is 0 Å². The first-order valence-electron chi connectivity index (χ1n) is 8.25. The fourth-order valence-electron chi connectivity index (χ4n) is 2.47. The summed E-state index contributed by atoms with van der Waals surface area (Å²) in [5, 5.41) is 6.47. The summed E-state index contributed by atoms with van der Waals surface area (Å²) in [4.78, 5) is 16.3. The molecule has 3 rings (SSSR count). The maximum Gasteiger partial charge on any atom is 0.273 e. The first-order valence-corrected chi connectivity index (χ1v) is 8.25. The molecule has 0 aliphatic rings. The van der Waals surface area contributed by atoms with Crippen LogP contribution in [0.2, 0.25) is 0 Å². The molecule has 0 spiro atoms. The van der Waals surface area contributed by atoms with E-state index in [1.165, 1.54) is 12.1 Å². The highest BCUT2D eigenvalue weighted by Crippen LogP contribution is 2.22. The number of amides is 1. The van der Waals surface area contributed by atoms with Crippen molar-refractivity contribution in [3.05, 3.63) is 77.4 Å². The lowest BCUT2D eigenvalue weighted by molar-refractivity contribution is 0.0930. The Morgan fingerprint density at radius 2 is 2.04 bits per heavy atom. The molecule has 0 fully saturated rings. The van der Waals surface area contributed by atoms with Gasteiger partial charge < -0.3 is 14.6 Å². The summed E-state index contributed by atoms with van der Waals surface area (Å²) in [5.74, 6) is -2.40. The molecule has 6 nitrogen and oxygen atoms in total. The average molecular weight is 373 g/mol. The van der Waals surface area contributed by atoms with Gasteiger partial charge in [-0.15, -0.1) is 0 Å². The lowest BCUT2D eigenvalue weighted by Gasteiger charge is -2.12. The van der Waals surface area contributed by atoms with E-state index in [1.807, 2.05) is 19.1 Å². The lowest BCUT2D eigenvalue weighted by Crippen LogP contribution is -2.34. The Hall–Kier alpha value is -3.29. The fraction of sp³-hybridized carbons (Fsp3) is 0.211. The number of para-hydroxylation sites is 1. The number of pyridine rings is 1. The van der Waals surface area contributed by atoms with Crippen molar-refractivity contribution in [2.75, 3.05) is 0 Å². The zero-order chi connectivity index (χ0) is 19.2. The molecular formula is C19H17F2N3O3. The first kappa shape index (κ1) is 18.5. The highest BCUT2D eigenvalue weighted by Gasteiger charge is 2.17. The molecule has 1 atom stereocenters. The Morgan fingerprint density at radius 3 is 2.74 bits per heavy atom. The predicted octanol–water partition coefficient (Wildman–Crippen LogP) is 3.29. The molecule has 3 aromatic rings. The molecule has 0 saturated carbocycles. The zero-order valence-corrected chi connectivity index (χ0v) is 14.5. The van der Waals surface area contributed by atoms with Crippen LogP contribution in [0, 0.1) is 11.6 Å². The van der Waals surface area contributed by atoms with Crippen LogP contribution in [0.3, 0.4) is 0 Å². The number of hydrogen-bond donors (Lipinski definition) is 1. The van der Waals surface area contributed by atoms with Crippen molar-refractivity contribution in [3.8, 4) is 5.75 Å². The molecule has 0 saturated heterocycles. The Bertz CT molecular complexity index is 895. The molecule has 2 aromatic heterocycles. The van der Waals surface area contributed by atoms with Gasteiger partial charge in [-0.25, -0.2) is 8.78 Å². The summed E-state index contributed by atoms with van der Waals surface area (Å²) in [5.41, 5.74) is 1.05. The van der Waals surface area contributed by atoms with Gasteiger partial charge in [0, 0.05) is 24.5 Å². The van der Waals surface area contributed by atoms with Crippen molar-refractivity contribution in [1.29, 1.82) is 0 Å². The molecule has 0 aliphatic heterocycles. The SMILES string of the molecule is C[C@H](Cc1cccnc1)NC(=O)c1cc(COc2c(F)cccc2F)on1. The number of rotatable bonds is 7. The van der Waals surface area contributed by atoms with E-state index in [9.17, 15) is 13.6 Å². The quantitative estimate of drug-likeness (QED) is 0.688. The van der Waals surface area contributed by atoms with Crippen molar-refractivity contribution in [1.82, 2.24) is 15.5 Å². The first-order chi connectivity index (χ1) is 13.0. The molecule has 8 heteroatoms. The molecule has 2 heterocycles. The predicted molar refractivity (Wildman–Crippen MR) is 92.1 cm³/mol. The van der Waals surface area contributed by atoms with Crippen molar-refractivity contribution in [2.45, 2.75) is 26.0 Å². The summed E-state index contributed by atoms with van der Waals surface area (Å²) >= 11 is 0. The molecular weight excluding hydrogens is 356 g/mol. The van der Waals surface area contributed by atoms with Gasteiger partial charge in [-0.1, -0.05) is 17.3 Å². The third-order valence-electron chi connectivity index (χ3n) is 3.71. The number of nitrogens with zero attached hydrogens (tertiary/aromatic N) is 2. The summed E-state index contributed by atoms with van der Waals surface area (Å²) in [6.45, 7) is 1.60. The van der Waals surface area contributed by atoms with Gasteiger partial charge in [-0.05, 0) is 37.1 Å². The van der Waals surface area contributed by atoms with E-state index < -0.39 is 23.3 Å². The number of halogens is 2. The van der Waals surface area contributed by atoms with Crippen LogP contribution in [-0.2, 0) is 13.0 Å². The molecule has 0 unspecified atom stereocenters. The standard InChI is InChI=1S/C19H17F2N3O3/c1-12(8-13-4-3-7-22-10-13)23-19(25)17-9-14(27-24-17)11-26-18-15(20)5-2-6-16(18)21/h2-7,9-10,12H,8,11H2,1H3,(H,23,25)/t12-/m1/s1. The molecule has 140 valence electrons. The lowest BCUT2D eigenvalue weighted by atomic mass is 10.1. The molecule has 1 amide bonds. The highest BCUT2D eigenvalue weighted by molar-refractivity contribution is 5.92. The number of aromatic nitrogens is 2. The summed E-state index contributed by atoms with van der Waals surface area (Å²) in [6, 6.07) is 8.37. The van der Waals surface area contributed by atoms with E-state index in [-0.39, 0.29) is 24.1 Å². The maximum absolute atomic E-state index is 13.5. The van der Waals surface area contributed by atoms with Crippen LogP contribution < -0.4 is 10.1 Å². The minimum atomic E-state index is -0.822. The summed E-state index contributed by atoms with van der Waals surface area (Å²) < 4.78 is 37.1. The van der Waals surface area contributed by atoms with Crippen LogP contribution in [0.1, 0.15) is 28.7 Å². The second-order valence-corrected chi connectivity index (χ2v) is 5.96. The molecule has 27 heavy (non-hydrogen) atoms. The van der Waals surface area contributed by atoms with E-state index in [0.717, 1.165) is 17.7 Å². The summed E-state index contributed by atoms with van der Waals surface area (Å²) in [7, 11) is 0. The normalized spacial score (nSPS) is 11.8. The molecule has 1 aromatic carbocycles. The topological polar surface area (TPSA) is 77.2 Å². The average Bonchev–Trinajstić information content (AvgIpc) is 3.11. The Balaban J connectivity index is 1.56. The minimum absolute atomic E-state index is 0.0562. The maximum atomic E-state index is 13.5. The number of hydrogen-bond acceptors (Lipinski definition) is 5. The van der Waals surface area contributed by atoms with Gasteiger partial charge in [-0.2, -0.15) is 0 Å². The monoisotopic (exact) mass is 373 g/mol. The minimum Gasteiger partial charge on any atom is -0.479 e. The van der Waals surface area contributed by atoms with Crippen LogP contribution in [0.5, 0.6) is 5.75 Å². The van der Waals surface area contributed by atoms with E-state index in [4.69, 9.17) is 9.26 Å². The third kappa shape index (κ3) is 4.87. The third-order valence-corrected chi connectivity index (χ3v) is 3.71. The van der Waals surface area contributed by atoms with Gasteiger partial charge in [0.15, 0.2) is 28.8 Å². The van der Waals surface area contributed by atoms with Gasteiger partial charge in [-0.3, -0.25) is 9.78 Å². The number of benzene rings is 1. The van der Waals surface area contributed by atoms with Crippen molar-refractivity contribution >= 4 is 5.91 Å². The Kier molecular flexibility index (Phi) is 5.75. The van der Waals surface area contributed by atoms with Gasteiger partial charge in [0.2, 0.25) is 0 Å². The van der Waals surface area contributed by atoms with Crippen molar-refractivity contribution in [3.63, 3.8) is 0 Å². The van der Waals surface area contributed by atoms with Gasteiger partial charge >= 0.3 is 0 Å². The van der Waals surface area contributed by atoms with E-state index >= 15 is 0 Å². The highest BCUT2D eigenvalue weighted by atomic mass is 19.1. The second kappa shape index (κ2) is 8.39. The smallest absolute Gasteiger partial charge is 0.273 e. The molecule has 1 N–H and O–H groups in total. The summed E-state index contributed by atoms with van der Waals surface area (Å²) in [6.07, 6.45) is 4.02.